The largest absolute Gasteiger partial charge is 0.466 e. The fraction of sp³-hybridized carbons (Fsp3) is 0.125. The van der Waals surface area contributed by atoms with Gasteiger partial charge in [0.05, 0.1) is 17.7 Å². The number of methoxy groups -OCH3 is 1. The molecule has 1 N–H and O–H groups in total. The molecule has 0 aliphatic carbocycles. The van der Waals surface area contributed by atoms with E-state index in [0.717, 1.165) is 16.8 Å². The number of hydrogen-bond acceptors (Lipinski definition) is 6. The Labute approximate surface area is 189 Å². The van der Waals surface area contributed by atoms with Crippen LogP contribution in [0.5, 0.6) is 6.01 Å². The molecule has 166 valence electrons. The van der Waals surface area contributed by atoms with Crippen LogP contribution in [-0.2, 0) is 0 Å². The minimum absolute atomic E-state index is 0.0956. The molecule has 0 atom stereocenters. The summed E-state index contributed by atoms with van der Waals surface area (Å²) in [5.41, 5.74) is 3.89. The van der Waals surface area contributed by atoms with Gasteiger partial charge in [-0.2, -0.15) is 4.98 Å². The molecule has 9 heteroatoms. The van der Waals surface area contributed by atoms with Gasteiger partial charge < -0.3 is 10.1 Å². The van der Waals surface area contributed by atoms with Crippen molar-refractivity contribution in [1.29, 1.82) is 0 Å². The Bertz CT molecular complexity index is 1330. The van der Waals surface area contributed by atoms with Gasteiger partial charge in [-0.05, 0) is 44.2 Å². The SMILES string of the molecule is COc1nc(-c2ccc(C)cc2)n(-c2ccc(NC(=O)c3ccc(C)c([N+](=O)[O-])c3)cc2)n1. The van der Waals surface area contributed by atoms with Gasteiger partial charge >= 0.3 is 6.01 Å². The summed E-state index contributed by atoms with van der Waals surface area (Å²) >= 11 is 0. The molecule has 0 saturated heterocycles. The van der Waals surface area contributed by atoms with Gasteiger partial charge in [0.1, 0.15) is 0 Å². The van der Waals surface area contributed by atoms with E-state index in [-0.39, 0.29) is 17.3 Å². The van der Waals surface area contributed by atoms with Crippen LogP contribution in [0.4, 0.5) is 11.4 Å². The monoisotopic (exact) mass is 443 g/mol. The Kier molecular flexibility index (Phi) is 5.86. The molecule has 4 rings (SSSR count). The van der Waals surface area contributed by atoms with Crippen molar-refractivity contribution in [3.05, 3.63) is 93.5 Å². The molecule has 3 aromatic carbocycles. The van der Waals surface area contributed by atoms with Crippen molar-refractivity contribution >= 4 is 17.3 Å². The minimum atomic E-state index is -0.501. The quantitative estimate of drug-likeness (QED) is 0.341. The highest BCUT2D eigenvalue weighted by molar-refractivity contribution is 6.04. The first kappa shape index (κ1) is 21.7. The van der Waals surface area contributed by atoms with Crippen molar-refractivity contribution in [2.75, 3.05) is 12.4 Å². The number of carbonyl (C=O) groups is 1. The van der Waals surface area contributed by atoms with E-state index in [1.54, 1.807) is 48.0 Å². The lowest BCUT2D eigenvalue weighted by Crippen LogP contribution is -2.12. The first-order valence-corrected chi connectivity index (χ1v) is 10.1. The summed E-state index contributed by atoms with van der Waals surface area (Å²) < 4.78 is 6.88. The highest BCUT2D eigenvalue weighted by Crippen LogP contribution is 2.25. The van der Waals surface area contributed by atoms with Crippen molar-refractivity contribution in [3.8, 4) is 23.1 Å². The van der Waals surface area contributed by atoms with Crippen LogP contribution >= 0.6 is 0 Å². The number of nitrogens with zero attached hydrogens (tertiary/aromatic N) is 4. The van der Waals surface area contributed by atoms with Crippen molar-refractivity contribution in [1.82, 2.24) is 14.8 Å². The molecule has 1 aromatic heterocycles. The van der Waals surface area contributed by atoms with E-state index in [9.17, 15) is 14.9 Å². The standard InChI is InChI=1S/C24H21N5O4/c1-15-4-7-17(8-5-15)22-26-24(33-3)27-28(22)20-12-10-19(11-13-20)25-23(30)18-9-6-16(2)21(14-18)29(31)32/h4-14H,1-3H3,(H,25,30). The Morgan fingerprint density at radius 3 is 2.36 bits per heavy atom. The van der Waals surface area contributed by atoms with Crippen LogP contribution in [0.15, 0.2) is 66.7 Å². The Morgan fingerprint density at radius 1 is 1.03 bits per heavy atom. The van der Waals surface area contributed by atoms with E-state index in [4.69, 9.17) is 4.74 Å². The van der Waals surface area contributed by atoms with Crippen LogP contribution < -0.4 is 10.1 Å². The molecule has 0 fully saturated rings. The lowest BCUT2D eigenvalue weighted by molar-refractivity contribution is -0.385. The smallest absolute Gasteiger partial charge is 0.336 e. The minimum Gasteiger partial charge on any atom is -0.466 e. The molecule has 0 bridgehead atoms. The molecule has 0 unspecified atom stereocenters. The number of carbonyl (C=O) groups excluding carboxylic acids is 1. The van der Waals surface area contributed by atoms with Gasteiger partial charge in [-0.25, -0.2) is 4.68 Å². The number of nitro benzene ring substituents is 1. The van der Waals surface area contributed by atoms with Gasteiger partial charge in [-0.15, -0.1) is 5.10 Å². The zero-order valence-electron chi connectivity index (χ0n) is 18.3. The van der Waals surface area contributed by atoms with Crippen LogP contribution in [0.1, 0.15) is 21.5 Å². The summed E-state index contributed by atoms with van der Waals surface area (Å²) in [5, 5.41) is 18.3. The summed E-state index contributed by atoms with van der Waals surface area (Å²) in [6.45, 7) is 3.64. The molecule has 1 amide bonds. The summed E-state index contributed by atoms with van der Waals surface area (Å²) in [6, 6.07) is 19.6. The molecule has 0 spiro atoms. The molecule has 0 radical (unpaired) electrons. The molecule has 0 saturated carbocycles. The number of hydrogen-bond donors (Lipinski definition) is 1. The van der Waals surface area contributed by atoms with Crippen LogP contribution in [0.2, 0.25) is 0 Å². The number of aromatic nitrogens is 3. The average Bonchev–Trinajstić information content (AvgIpc) is 3.24. The Hall–Kier alpha value is -4.53. The van der Waals surface area contributed by atoms with Gasteiger partial charge in [0, 0.05) is 28.4 Å². The highest BCUT2D eigenvalue weighted by atomic mass is 16.6. The number of rotatable bonds is 6. The van der Waals surface area contributed by atoms with Crippen LogP contribution in [0, 0.1) is 24.0 Å². The molecule has 1 heterocycles. The summed E-state index contributed by atoms with van der Waals surface area (Å²) in [7, 11) is 1.51. The van der Waals surface area contributed by atoms with E-state index in [1.807, 2.05) is 31.2 Å². The predicted molar refractivity (Wildman–Crippen MR) is 124 cm³/mol. The topological polar surface area (TPSA) is 112 Å². The summed E-state index contributed by atoms with van der Waals surface area (Å²) in [4.78, 5) is 27.7. The van der Waals surface area contributed by atoms with Gasteiger partial charge in [-0.1, -0.05) is 35.9 Å². The van der Waals surface area contributed by atoms with E-state index >= 15 is 0 Å². The zero-order chi connectivity index (χ0) is 23.5. The molecule has 0 aliphatic heterocycles. The van der Waals surface area contributed by atoms with E-state index in [2.05, 4.69) is 15.4 Å². The Balaban J connectivity index is 1.59. The third-order valence-corrected chi connectivity index (χ3v) is 5.12. The van der Waals surface area contributed by atoms with Crippen LogP contribution in [0.25, 0.3) is 17.1 Å². The molecule has 9 nitrogen and oxygen atoms in total. The molecular weight excluding hydrogens is 422 g/mol. The second-order valence-electron chi connectivity index (χ2n) is 7.46. The van der Waals surface area contributed by atoms with Gasteiger partial charge in [-0.3, -0.25) is 14.9 Å². The van der Waals surface area contributed by atoms with Crippen LogP contribution in [0.3, 0.4) is 0 Å². The number of nitro groups is 1. The first-order valence-electron chi connectivity index (χ1n) is 10.1. The van der Waals surface area contributed by atoms with Crippen LogP contribution in [-0.4, -0.2) is 32.7 Å². The molecule has 0 aliphatic rings. The maximum absolute atomic E-state index is 12.6. The Morgan fingerprint density at radius 2 is 1.73 bits per heavy atom. The number of ether oxygens (including phenoxy) is 1. The van der Waals surface area contributed by atoms with Gasteiger partial charge in [0.15, 0.2) is 5.82 Å². The van der Waals surface area contributed by atoms with E-state index in [0.29, 0.717) is 17.1 Å². The summed E-state index contributed by atoms with van der Waals surface area (Å²) in [5.74, 6) is 0.184. The fourth-order valence-electron chi connectivity index (χ4n) is 3.29. The second-order valence-corrected chi connectivity index (χ2v) is 7.46. The maximum Gasteiger partial charge on any atom is 0.336 e. The number of anilines is 1. The third-order valence-electron chi connectivity index (χ3n) is 5.12. The first-order chi connectivity index (χ1) is 15.9. The number of benzene rings is 3. The lowest BCUT2D eigenvalue weighted by atomic mass is 10.1. The highest BCUT2D eigenvalue weighted by Gasteiger charge is 2.16. The maximum atomic E-state index is 12.6. The fourth-order valence-corrected chi connectivity index (χ4v) is 3.29. The second kappa shape index (κ2) is 8.91. The normalized spacial score (nSPS) is 10.6. The average molecular weight is 443 g/mol. The molecular formula is C24H21N5O4. The van der Waals surface area contributed by atoms with E-state index < -0.39 is 10.8 Å². The number of aryl methyl sites for hydroxylation is 2. The molecule has 33 heavy (non-hydrogen) atoms. The number of amides is 1. The van der Waals surface area contributed by atoms with Gasteiger partial charge in [0.2, 0.25) is 0 Å². The molecule has 4 aromatic rings. The third kappa shape index (κ3) is 4.57. The lowest BCUT2D eigenvalue weighted by Gasteiger charge is -2.09. The van der Waals surface area contributed by atoms with Crippen molar-refractivity contribution < 1.29 is 14.5 Å². The number of nitrogens with one attached hydrogen (secondary N) is 1. The predicted octanol–water partition coefficient (Wildman–Crippen LogP) is 4.72. The van der Waals surface area contributed by atoms with E-state index in [1.165, 1.54) is 13.2 Å². The summed E-state index contributed by atoms with van der Waals surface area (Å²) in [6.07, 6.45) is 0. The van der Waals surface area contributed by atoms with Crippen molar-refractivity contribution in [2.45, 2.75) is 13.8 Å². The van der Waals surface area contributed by atoms with Gasteiger partial charge in [0.25, 0.3) is 11.6 Å². The van der Waals surface area contributed by atoms with Crippen molar-refractivity contribution in [2.24, 2.45) is 0 Å². The van der Waals surface area contributed by atoms with Crippen molar-refractivity contribution in [3.63, 3.8) is 0 Å². The zero-order valence-corrected chi connectivity index (χ0v) is 18.3.